The van der Waals surface area contributed by atoms with Crippen LogP contribution in [0.2, 0.25) is 0 Å². The van der Waals surface area contributed by atoms with E-state index in [1.165, 1.54) is 19.1 Å². The van der Waals surface area contributed by atoms with Gasteiger partial charge in [0.2, 0.25) is 0 Å². The van der Waals surface area contributed by atoms with E-state index in [0.29, 0.717) is 13.1 Å². The van der Waals surface area contributed by atoms with Gasteiger partial charge in [-0.3, -0.25) is 14.9 Å². The number of amides is 1. The van der Waals surface area contributed by atoms with E-state index in [1.54, 1.807) is 4.90 Å². The van der Waals surface area contributed by atoms with Crippen molar-refractivity contribution in [2.45, 2.75) is 38.7 Å². The molecule has 8 heteroatoms. The van der Waals surface area contributed by atoms with Gasteiger partial charge in [0, 0.05) is 30.9 Å². The third kappa shape index (κ3) is 4.21. The molecule has 0 spiro atoms. The average Bonchev–Trinajstić information content (AvgIpc) is 2.83. The number of non-ortho nitro benzene ring substituents is 1. The summed E-state index contributed by atoms with van der Waals surface area (Å²) in [5, 5.41) is 10.8. The number of rotatable bonds is 4. The molecule has 8 nitrogen and oxygen atoms in total. The number of nitro groups is 1. The van der Waals surface area contributed by atoms with E-state index in [2.05, 4.69) is 0 Å². The Balaban J connectivity index is 2.06. The predicted octanol–water partition coefficient (Wildman–Crippen LogP) is 2.12. The molecule has 0 radical (unpaired) electrons. The summed E-state index contributed by atoms with van der Waals surface area (Å²) >= 11 is 0. The zero-order valence-electron chi connectivity index (χ0n) is 13.6. The largest absolute Gasteiger partial charge is 0.449 e. The molecule has 0 unspecified atom stereocenters. The van der Waals surface area contributed by atoms with Gasteiger partial charge in [0.15, 0.2) is 6.10 Å². The number of hydrogen-bond acceptors (Lipinski definition) is 6. The molecule has 1 aliphatic heterocycles. The summed E-state index contributed by atoms with van der Waals surface area (Å²) in [5.41, 5.74) is 5.38. The van der Waals surface area contributed by atoms with Gasteiger partial charge in [0.25, 0.3) is 11.6 Å². The molecule has 0 bridgehead atoms. The molecule has 2 N–H and O–H groups in total. The predicted molar refractivity (Wildman–Crippen MR) is 87.4 cm³/mol. The van der Waals surface area contributed by atoms with E-state index in [0.717, 1.165) is 31.7 Å². The number of carbonyl (C=O) groups excluding carboxylic acids is 2. The first-order valence-electron chi connectivity index (χ1n) is 7.94. The number of carbonyl (C=O) groups is 2. The molecular weight excluding hydrogens is 314 g/mol. The van der Waals surface area contributed by atoms with Gasteiger partial charge in [-0.2, -0.15) is 0 Å². The quantitative estimate of drug-likeness (QED) is 0.390. The average molecular weight is 335 g/mol. The number of likely N-dealkylation sites (tertiary alicyclic amines) is 1. The minimum atomic E-state index is -0.964. The van der Waals surface area contributed by atoms with E-state index < -0.39 is 17.0 Å². The van der Waals surface area contributed by atoms with Gasteiger partial charge < -0.3 is 15.4 Å². The lowest BCUT2D eigenvalue weighted by Gasteiger charge is -2.24. The van der Waals surface area contributed by atoms with Crippen LogP contribution in [0.25, 0.3) is 0 Å². The zero-order valence-corrected chi connectivity index (χ0v) is 13.6. The van der Waals surface area contributed by atoms with Gasteiger partial charge in [0.1, 0.15) is 0 Å². The molecular formula is C16H21N3O5. The second-order valence-corrected chi connectivity index (χ2v) is 5.82. The van der Waals surface area contributed by atoms with Crippen molar-refractivity contribution in [3.8, 4) is 0 Å². The number of benzene rings is 1. The van der Waals surface area contributed by atoms with Gasteiger partial charge in [-0.05, 0) is 25.8 Å². The summed E-state index contributed by atoms with van der Waals surface area (Å²) in [4.78, 5) is 36.5. The first-order valence-corrected chi connectivity index (χ1v) is 7.94. The van der Waals surface area contributed by atoms with E-state index >= 15 is 0 Å². The minimum absolute atomic E-state index is 0.0695. The highest BCUT2D eigenvalue weighted by atomic mass is 16.6. The van der Waals surface area contributed by atoms with Crippen LogP contribution in [0.15, 0.2) is 18.2 Å². The maximum absolute atomic E-state index is 12.4. The lowest BCUT2D eigenvalue weighted by atomic mass is 10.1. The fraction of sp³-hybridized carbons (Fsp3) is 0.500. The first-order chi connectivity index (χ1) is 11.4. The van der Waals surface area contributed by atoms with Crippen molar-refractivity contribution in [1.82, 2.24) is 4.90 Å². The van der Waals surface area contributed by atoms with Crippen LogP contribution in [0.5, 0.6) is 0 Å². The van der Waals surface area contributed by atoms with Crippen molar-refractivity contribution in [3.05, 3.63) is 33.9 Å². The molecule has 1 heterocycles. The van der Waals surface area contributed by atoms with Crippen molar-refractivity contribution in [3.63, 3.8) is 0 Å². The number of nitrogen functional groups attached to an aromatic ring is 1. The number of esters is 1. The Morgan fingerprint density at radius 1 is 1.25 bits per heavy atom. The van der Waals surface area contributed by atoms with E-state index in [9.17, 15) is 19.7 Å². The second-order valence-electron chi connectivity index (χ2n) is 5.82. The molecule has 1 amide bonds. The topological polar surface area (TPSA) is 116 Å². The Kier molecular flexibility index (Phi) is 5.73. The summed E-state index contributed by atoms with van der Waals surface area (Å²) in [6.45, 7) is 2.80. The molecule has 0 saturated carbocycles. The van der Waals surface area contributed by atoms with Crippen LogP contribution in [0.4, 0.5) is 11.4 Å². The molecule has 0 aliphatic carbocycles. The fourth-order valence-electron chi connectivity index (χ4n) is 2.66. The SMILES string of the molecule is C[C@@H](OC(=O)c1cc([N+](=O)[O-])ccc1N)C(=O)N1CCCCCC1. The smallest absolute Gasteiger partial charge is 0.341 e. The number of nitrogens with zero attached hydrogens (tertiary/aromatic N) is 2. The van der Waals surface area contributed by atoms with Crippen molar-refractivity contribution >= 4 is 23.3 Å². The highest BCUT2D eigenvalue weighted by Crippen LogP contribution is 2.21. The lowest BCUT2D eigenvalue weighted by Crippen LogP contribution is -2.40. The van der Waals surface area contributed by atoms with Crippen LogP contribution >= 0.6 is 0 Å². The van der Waals surface area contributed by atoms with Gasteiger partial charge in [-0.25, -0.2) is 4.79 Å². The molecule has 1 aromatic carbocycles. The Labute approximate surface area is 139 Å². The van der Waals surface area contributed by atoms with Crippen LogP contribution in [0.1, 0.15) is 43.0 Å². The number of nitrogens with two attached hydrogens (primary N) is 1. The summed E-state index contributed by atoms with van der Waals surface area (Å²) in [6, 6.07) is 3.54. The van der Waals surface area contributed by atoms with Crippen LogP contribution in [0.3, 0.4) is 0 Å². The fourth-order valence-corrected chi connectivity index (χ4v) is 2.66. The molecule has 1 atom stereocenters. The van der Waals surface area contributed by atoms with Crippen LogP contribution in [-0.2, 0) is 9.53 Å². The van der Waals surface area contributed by atoms with Gasteiger partial charge >= 0.3 is 5.97 Å². The monoisotopic (exact) mass is 335 g/mol. The number of nitro benzene ring substituents is 1. The van der Waals surface area contributed by atoms with Gasteiger partial charge in [-0.15, -0.1) is 0 Å². The molecule has 1 aliphatic rings. The maximum Gasteiger partial charge on any atom is 0.341 e. The zero-order chi connectivity index (χ0) is 17.7. The van der Waals surface area contributed by atoms with Crippen LogP contribution < -0.4 is 5.73 Å². The number of anilines is 1. The highest BCUT2D eigenvalue weighted by Gasteiger charge is 2.26. The Bertz CT molecular complexity index is 639. The standard InChI is InChI=1S/C16H21N3O5/c1-11(15(20)18-8-4-2-3-5-9-18)24-16(21)13-10-12(19(22)23)6-7-14(13)17/h6-7,10-11H,2-5,8-9,17H2,1H3/t11-/m1/s1. The lowest BCUT2D eigenvalue weighted by molar-refractivity contribution is -0.384. The molecule has 1 fully saturated rings. The van der Waals surface area contributed by atoms with Gasteiger partial charge in [-0.1, -0.05) is 12.8 Å². The highest BCUT2D eigenvalue weighted by molar-refractivity contribution is 5.97. The number of hydrogen-bond donors (Lipinski definition) is 1. The van der Waals surface area contributed by atoms with Crippen molar-refractivity contribution in [1.29, 1.82) is 0 Å². The molecule has 1 aromatic rings. The first kappa shape index (κ1) is 17.7. The normalized spacial score (nSPS) is 16.1. The summed E-state index contributed by atoms with van der Waals surface area (Å²) in [6.07, 6.45) is 3.08. The Morgan fingerprint density at radius 3 is 2.46 bits per heavy atom. The van der Waals surface area contributed by atoms with E-state index in [-0.39, 0.29) is 22.8 Å². The van der Waals surface area contributed by atoms with E-state index in [4.69, 9.17) is 10.5 Å². The maximum atomic E-state index is 12.4. The summed E-state index contributed by atoms with van der Waals surface area (Å²) in [7, 11) is 0. The minimum Gasteiger partial charge on any atom is -0.449 e. The van der Waals surface area contributed by atoms with E-state index in [1.807, 2.05) is 0 Å². The molecule has 0 aromatic heterocycles. The Morgan fingerprint density at radius 2 is 1.88 bits per heavy atom. The summed E-state index contributed by atoms with van der Waals surface area (Å²) < 4.78 is 5.18. The molecule has 130 valence electrons. The second kappa shape index (κ2) is 7.76. The number of ether oxygens (including phenoxy) is 1. The van der Waals surface area contributed by atoms with Gasteiger partial charge in [0.05, 0.1) is 10.5 Å². The summed E-state index contributed by atoms with van der Waals surface area (Å²) in [5.74, 6) is -1.10. The van der Waals surface area contributed by atoms with Crippen molar-refractivity contribution < 1.29 is 19.2 Å². The third-order valence-electron chi connectivity index (χ3n) is 4.02. The van der Waals surface area contributed by atoms with Crippen molar-refractivity contribution in [2.24, 2.45) is 0 Å². The molecule has 24 heavy (non-hydrogen) atoms. The molecule has 1 saturated heterocycles. The Hall–Kier alpha value is -2.64. The van der Waals surface area contributed by atoms with Crippen molar-refractivity contribution in [2.75, 3.05) is 18.8 Å². The van der Waals surface area contributed by atoms with Crippen LogP contribution in [0, 0.1) is 10.1 Å². The molecule has 2 rings (SSSR count). The third-order valence-corrected chi connectivity index (χ3v) is 4.02. The van der Waals surface area contributed by atoms with Crippen LogP contribution in [-0.4, -0.2) is 40.9 Å².